The summed E-state index contributed by atoms with van der Waals surface area (Å²) in [4.78, 5) is 1.15. The lowest BCUT2D eigenvalue weighted by atomic mass is 10.1. The van der Waals surface area contributed by atoms with Crippen molar-refractivity contribution >= 4 is 21.6 Å². The number of benzene rings is 1. The minimum Gasteiger partial charge on any atom is -0.395 e. The summed E-state index contributed by atoms with van der Waals surface area (Å²) in [5.74, 6) is 0. The quantitative estimate of drug-likeness (QED) is 0.823. The normalized spacial score (nSPS) is 13.3. The lowest BCUT2D eigenvalue weighted by Crippen LogP contribution is -2.37. The summed E-state index contributed by atoms with van der Waals surface area (Å²) < 4.78 is 38.7. The molecule has 0 aromatic heterocycles. The van der Waals surface area contributed by atoms with Gasteiger partial charge in [0.1, 0.15) is 6.54 Å². The van der Waals surface area contributed by atoms with Crippen molar-refractivity contribution in [3.05, 3.63) is 28.2 Å². The molecule has 0 heterocycles. The number of alkyl halides is 3. The highest BCUT2D eigenvalue weighted by Crippen LogP contribution is 2.31. The van der Waals surface area contributed by atoms with Gasteiger partial charge in [-0.15, -0.1) is 0 Å². The summed E-state index contributed by atoms with van der Waals surface area (Å²) in [6.45, 7) is 0.375. The lowest BCUT2D eigenvalue weighted by Gasteiger charge is -2.29. The van der Waals surface area contributed by atoms with Crippen LogP contribution in [0.3, 0.4) is 0 Å². The van der Waals surface area contributed by atoms with Crippen molar-refractivity contribution in [1.29, 1.82) is 0 Å². The van der Waals surface area contributed by atoms with Crippen LogP contribution in [0.4, 0.5) is 18.9 Å². The van der Waals surface area contributed by atoms with E-state index in [1.54, 1.807) is 25.2 Å². The third kappa shape index (κ3) is 4.96. The molecule has 0 saturated carbocycles. The molecule has 20 heavy (non-hydrogen) atoms. The average Bonchev–Trinajstić information content (AvgIpc) is 2.35. The summed E-state index contributed by atoms with van der Waals surface area (Å²) in [7, 11) is 1.75. The molecule has 0 aliphatic heterocycles. The van der Waals surface area contributed by atoms with Crippen LogP contribution in [0.1, 0.15) is 18.5 Å². The molecule has 0 radical (unpaired) electrons. The van der Waals surface area contributed by atoms with Crippen molar-refractivity contribution in [3.63, 3.8) is 0 Å². The van der Waals surface area contributed by atoms with Gasteiger partial charge in [0.2, 0.25) is 0 Å². The highest BCUT2D eigenvalue weighted by Gasteiger charge is 2.31. The molecule has 7 heteroatoms. The molecule has 3 nitrogen and oxygen atoms in total. The van der Waals surface area contributed by atoms with E-state index in [4.69, 9.17) is 5.11 Å². The molecule has 0 bridgehead atoms. The SMILES string of the molecule is CNC(C)c1ccc(Br)cc1N(CCO)CC(F)(F)F. The van der Waals surface area contributed by atoms with Crippen LogP contribution in [0, 0.1) is 0 Å². The Kier molecular flexibility index (Phi) is 6.29. The van der Waals surface area contributed by atoms with E-state index in [9.17, 15) is 13.2 Å². The minimum atomic E-state index is -4.32. The Morgan fingerprint density at radius 2 is 2.05 bits per heavy atom. The zero-order chi connectivity index (χ0) is 15.3. The fourth-order valence-corrected chi connectivity index (χ4v) is 2.28. The van der Waals surface area contributed by atoms with Crippen molar-refractivity contribution < 1.29 is 18.3 Å². The van der Waals surface area contributed by atoms with Gasteiger partial charge in [0.25, 0.3) is 0 Å². The van der Waals surface area contributed by atoms with Gasteiger partial charge in [-0.1, -0.05) is 22.0 Å². The molecule has 0 fully saturated rings. The molecule has 114 valence electrons. The first kappa shape index (κ1) is 17.3. The van der Waals surface area contributed by atoms with Crippen molar-refractivity contribution in [2.24, 2.45) is 0 Å². The zero-order valence-corrected chi connectivity index (χ0v) is 12.9. The van der Waals surface area contributed by atoms with E-state index in [0.717, 1.165) is 10.5 Å². The van der Waals surface area contributed by atoms with Crippen molar-refractivity contribution in [2.45, 2.75) is 19.1 Å². The second-order valence-corrected chi connectivity index (χ2v) is 5.39. The van der Waals surface area contributed by atoms with E-state index in [1.807, 2.05) is 6.92 Å². The number of anilines is 1. The molecular weight excluding hydrogens is 337 g/mol. The van der Waals surface area contributed by atoms with Gasteiger partial charge in [0.05, 0.1) is 6.61 Å². The van der Waals surface area contributed by atoms with Gasteiger partial charge in [0.15, 0.2) is 0 Å². The summed E-state index contributed by atoms with van der Waals surface area (Å²) in [5.41, 5.74) is 1.22. The highest BCUT2D eigenvalue weighted by molar-refractivity contribution is 9.10. The lowest BCUT2D eigenvalue weighted by molar-refractivity contribution is -0.119. The van der Waals surface area contributed by atoms with E-state index in [1.165, 1.54) is 0 Å². The average molecular weight is 355 g/mol. The van der Waals surface area contributed by atoms with Crippen LogP contribution in [-0.2, 0) is 0 Å². The number of aliphatic hydroxyl groups excluding tert-OH is 1. The third-order valence-electron chi connectivity index (χ3n) is 2.97. The van der Waals surface area contributed by atoms with Crippen LogP contribution in [0.15, 0.2) is 22.7 Å². The molecule has 1 unspecified atom stereocenters. The molecule has 1 atom stereocenters. The summed E-state index contributed by atoms with van der Waals surface area (Å²) in [6, 6.07) is 5.12. The molecule has 0 saturated heterocycles. The first-order chi connectivity index (χ1) is 9.28. The van der Waals surface area contributed by atoms with Gasteiger partial charge >= 0.3 is 6.18 Å². The molecule has 0 amide bonds. The molecule has 0 aliphatic carbocycles. The molecule has 1 aromatic rings. The zero-order valence-electron chi connectivity index (χ0n) is 11.3. The Hall–Kier alpha value is -0.790. The van der Waals surface area contributed by atoms with Crippen LogP contribution >= 0.6 is 15.9 Å². The number of halogens is 4. The summed E-state index contributed by atoms with van der Waals surface area (Å²) in [5, 5.41) is 12.0. The molecule has 2 N–H and O–H groups in total. The van der Waals surface area contributed by atoms with Gasteiger partial charge in [-0.25, -0.2) is 0 Å². The molecule has 1 aromatic carbocycles. The molecule has 1 rings (SSSR count). The number of nitrogens with one attached hydrogen (secondary N) is 1. The number of rotatable bonds is 6. The van der Waals surface area contributed by atoms with Gasteiger partial charge in [-0.2, -0.15) is 13.2 Å². The van der Waals surface area contributed by atoms with Crippen molar-refractivity contribution in [2.75, 3.05) is 31.6 Å². The van der Waals surface area contributed by atoms with Crippen LogP contribution in [0.5, 0.6) is 0 Å². The van der Waals surface area contributed by atoms with Gasteiger partial charge < -0.3 is 15.3 Å². The highest BCUT2D eigenvalue weighted by atomic mass is 79.9. The Morgan fingerprint density at radius 1 is 1.40 bits per heavy atom. The second kappa shape index (κ2) is 7.28. The van der Waals surface area contributed by atoms with E-state index in [-0.39, 0.29) is 19.2 Å². The van der Waals surface area contributed by atoms with Crippen LogP contribution in [0.25, 0.3) is 0 Å². The number of aliphatic hydroxyl groups is 1. The fraction of sp³-hybridized carbons (Fsp3) is 0.538. The molecular formula is C13H18BrF3N2O. The number of hydrogen-bond donors (Lipinski definition) is 2. The standard InChI is InChI=1S/C13H18BrF3N2O/c1-9(18-2)11-4-3-10(14)7-12(11)19(5-6-20)8-13(15,16)17/h3-4,7,9,18,20H,5-6,8H2,1-2H3. The van der Waals surface area contributed by atoms with Gasteiger partial charge in [0, 0.05) is 22.7 Å². The number of hydrogen-bond acceptors (Lipinski definition) is 3. The molecule has 0 aliphatic rings. The Bertz CT molecular complexity index is 440. The Balaban J connectivity index is 3.19. The smallest absolute Gasteiger partial charge is 0.395 e. The largest absolute Gasteiger partial charge is 0.405 e. The van der Waals surface area contributed by atoms with E-state index < -0.39 is 12.7 Å². The van der Waals surface area contributed by atoms with Crippen molar-refractivity contribution in [3.8, 4) is 0 Å². The van der Waals surface area contributed by atoms with Crippen LogP contribution < -0.4 is 10.2 Å². The van der Waals surface area contributed by atoms with E-state index in [0.29, 0.717) is 10.2 Å². The minimum absolute atomic E-state index is 0.0700. The summed E-state index contributed by atoms with van der Waals surface area (Å²) >= 11 is 3.28. The maximum absolute atomic E-state index is 12.7. The van der Waals surface area contributed by atoms with Crippen LogP contribution in [0.2, 0.25) is 0 Å². The predicted molar refractivity (Wildman–Crippen MR) is 77.0 cm³/mol. The maximum atomic E-state index is 12.7. The van der Waals surface area contributed by atoms with E-state index >= 15 is 0 Å². The second-order valence-electron chi connectivity index (χ2n) is 4.47. The molecule has 0 spiro atoms. The maximum Gasteiger partial charge on any atom is 0.405 e. The summed E-state index contributed by atoms with van der Waals surface area (Å²) in [6.07, 6.45) is -4.32. The number of nitrogens with zero attached hydrogens (tertiary/aromatic N) is 1. The van der Waals surface area contributed by atoms with Gasteiger partial charge in [-0.3, -0.25) is 0 Å². The topological polar surface area (TPSA) is 35.5 Å². The Labute approximate surface area is 124 Å². The fourth-order valence-electron chi connectivity index (χ4n) is 1.93. The van der Waals surface area contributed by atoms with Crippen molar-refractivity contribution in [1.82, 2.24) is 5.32 Å². The van der Waals surface area contributed by atoms with E-state index in [2.05, 4.69) is 21.2 Å². The van der Waals surface area contributed by atoms with Gasteiger partial charge in [-0.05, 0) is 31.7 Å². The monoisotopic (exact) mass is 354 g/mol. The Morgan fingerprint density at radius 3 is 2.55 bits per heavy atom. The first-order valence-electron chi connectivity index (χ1n) is 6.17. The predicted octanol–water partition coefficient (Wildman–Crippen LogP) is 3.09. The first-order valence-corrected chi connectivity index (χ1v) is 6.97. The third-order valence-corrected chi connectivity index (χ3v) is 3.47. The van der Waals surface area contributed by atoms with Crippen LogP contribution in [-0.4, -0.2) is 38.0 Å².